The van der Waals surface area contributed by atoms with Gasteiger partial charge < -0.3 is 14.7 Å². The number of nitrogens with zero attached hydrogens (tertiary/aromatic N) is 3. The van der Waals surface area contributed by atoms with Gasteiger partial charge in [-0.2, -0.15) is 0 Å². The first-order valence-electron chi connectivity index (χ1n) is 42.3. The summed E-state index contributed by atoms with van der Waals surface area (Å²) >= 11 is 0. The first kappa shape index (κ1) is 73.7. The molecule has 0 aliphatic carbocycles. The molecular formula is C118H89N3. The zero-order valence-electron chi connectivity index (χ0n) is 68.9. The molecule has 3 aliphatic heterocycles. The van der Waals surface area contributed by atoms with Gasteiger partial charge in [0.15, 0.2) is 0 Å². The van der Waals surface area contributed by atoms with Gasteiger partial charge in [-0.25, -0.2) is 0 Å². The molecule has 0 amide bonds. The van der Waals surface area contributed by atoms with Crippen molar-refractivity contribution in [3.8, 4) is 77.9 Å². The quantitative estimate of drug-likeness (QED) is 0.147. The van der Waals surface area contributed by atoms with Gasteiger partial charge in [0, 0.05) is 55.3 Å². The molecule has 0 aromatic heterocycles. The van der Waals surface area contributed by atoms with Gasteiger partial charge in [0.05, 0.1) is 0 Å². The average molecular weight is 1550 g/mol. The largest absolute Gasteiger partial charge is 0.344 e. The summed E-state index contributed by atoms with van der Waals surface area (Å²) in [6, 6.07) is 141. The Morgan fingerprint density at radius 2 is 0.463 bits per heavy atom. The number of para-hydroxylation sites is 3. The van der Waals surface area contributed by atoms with Crippen LogP contribution in [0.5, 0.6) is 0 Å². The van der Waals surface area contributed by atoms with E-state index in [1.807, 2.05) is 0 Å². The fourth-order valence-corrected chi connectivity index (χ4v) is 19.6. The van der Waals surface area contributed by atoms with Crippen LogP contribution in [0.3, 0.4) is 0 Å². The second-order valence-corrected chi connectivity index (χ2v) is 32.9. The van der Waals surface area contributed by atoms with Crippen molar-refractivity contribution >= 4 is 134 Å². The summed E-state index contributed by atoms with van der Waals surface area (Å²) in [6.07, 6.45) is 11.0. The Hall–Kier alpha value is -14.9. The van der Waals surface area contributed by atoms with E-state index in [1.165, 1.54) is 237 Å². The lowest BCUT2D eigenvalue weighted by Gasteiger charge is -2.24. The molecule has 20 aromatic carbocycles. The number of hydrogen-bond donors (Lipinski definition) is 0. The zero-order valence-corrected chi connectivity index (χ0v) is 68.9. The molecule has 576 valence electrons. The maximum absolute atomic E-state index is 2.43. The van der Waals surface area contributed by atoms with Crippen LogP contribution >= 0.6 is 0 Å². The van der Waals surface area contributed by atoms with Crippen molar-refractivity contribution in [1.82, 2.24) is 0 Å². The molecule has 3 heteroatoms. The maximum atomic E-state index is 2.43. The smallest absolute Gasteiger partial charge is 0.0488 e. The Morgan fingerprint density at radius 3 is 0.934 bits per heavy atom. The highest BCUT2D eigenvalue weighted by atomic mass is 15.1. The Kier molecular flexibility index (Phi) is 18.8. The first-order valence-corrected chi connectivity index (χ1v) is 42.3. The van der Waals surface area contributed by atoms with Gasteiger partial charge in [0.1, 0.15) is 0 Å². The van der Waals surface area contributed by atoms with E-state index in [9.17, 15) is 0 Å². The zero-order chi connectivity index (χ0) is 81.3. The Morgan fingerprint density at radius 1 is 0.174 bits per heavy atom. The highest BCUT2D eigenvalue weighted by molar-refractivity contribution is 6.25. The van der Waals surface area contributed by atoms with Gasteiger partial charge in [0.25, 0.3) is 0 Å². The highest BCUT2D eigenvalue weighted by Crippen LogP contribution is 2.51. The van der Waals surface area contributed by atoms with E-state index in [2.05, 4.69) is 463 Å². The van der Waals surface area contributed by atoms with Crippen molar-refractivity contribution < 1.29 is 0 Å². The molecule has 3 nitrogen and oxygen atoms in total. The molecule has 20 aromatic rings. The molecular weight excluding hydrogens is 1460 g/mol. The number of aryl methyl sites for hydroxylation is 5. The van der Waals surface area contributed by atoms with Crippen LogP contribution in [0.15, 0.2) is 382 Å². The van der Waals surface area contributed by atoms with Crippen molar-refractivity contribution in [2.45, 2.75) is 33.6 Å². The molecule has 0 unspecified atom stereocenters. The lowest BCUT2D eigenvalue weighted by Crippen LogP contribution is -2.11. The summed E-state index contributed by atoms with van der Waals surface area (Å²) in [7, 11) is 6.57. The van der Waals surface area contributed by atoms with Gasteiger partial charge in [-0.05, 0) is 263 Å². The lowest BCUT2D eigenvalue weighted by atomic mass is 9.84. The SMILES string of the molecule is Cc1ccc2c(-c3ccc(-c4ccccc4)cc3)c3ccccc3c(-c3ccc4c(c3)N(C)c3ccccc3CC4)c2c1.Cc1ccc2c(-c3ccc4ccccc4c3)c3ccccc3c(-c3ccc4c(c3)N(C)c3ccccc3C=C4)c2c1.Cc1ccc2c(-c3ccccc3)c3ccccc3c(-c3ccc4c(c3)N(C)c3ccccc3C=C4)c2c1. The van der Waals surface area contributed by atoms with Crippen molar-refractivity contribution in [2.24, 2.45) is 0 Å². The topological polar surface area (TPSA) is 9.72 Å². The van der Waals surface area contributed by atoms with Crippen molar-refractivity contribution in [1.29, 1.82) is 0 Å². The molecule has 23 rings (SSSR count). The number of benzene rings is 20. The van der Waals surface area contributed by atoms with Gasteiger partial charge in [-0.15, -0.1) is 0 Å². The predicted molar refractivity (Wildman–Crippen MR) is 523 cm³/mol. The van der Waals surface area contributed by atoms with Crippen LogP contribution in [0, 0.1) is 20.8 Å². The minimum absolute atomic E-state index is 1.05. The molecule has 0 bridgehead atoms. The number of rotatable bonds is 7. The molecule has 3 aliphatic rings. The summed E-state index contributed by atoms with van der Waals surface area (Å²) in [4.78, 5) is 7.04. The van der Waals surface area contributed by atoms with Gasteiger partial charge in [-0.1, -0.05) is 381 Å². The minimum atomic E-state index is 1.05. The Bertz CT molecular complexity index is 7590. The van der Waals surface area contributed by atoms with Crippen molar-refractivity contribution in [2.75, 3.05) is 35.8 Å². The number of hydrogen-bond acceptors (Lipinski definition) is 3. The number of anilines is 6. The fourth-order valence-electron chi connectivity index (χ4n) is 19.6. The molecule has 0 saturated carbocycles. The highest BCUT2D eigenvalue weighted by Gasteiger charge is 2.26. The van der Waals surface area contributed by atoms with E-state index >= 15 is 0 Å². The molecule has 0 spiro atoms. The maximum Gasteiger partial charge on any atom is 0.0488 e. The van der Waals surface area contributed by atoms with Gasteiger partial charge in [-0.3, -0.25) is 0 Å². The van der Waals surface area contributed by atoms with Crippen LogP contribution in [-0.2, 0) is 12.8 Å². The van der Waals surface area contributed by atoms with Crippen LogP contribution in [0.2, 0.25) is 0 Å². The van der Waals surface area contributed by atoms with Crippen LogP contribution < -0.4 is 14.7 Å². The monoisotopic (exact) mass is 1550 g/mol. The third kappa shape index (κ3) is 13.3. The third-order valence-electron chi connectivity index (χ3n) is 25.5. The van der Waals surface area contributed by atoms with Crippen molar-refractivity contribution in [3.63, 3.8) is 0 Å². The van der Waals surface area contributed by atoms with Gasteiger partial charge >= 0.3 is 0 Å². The number of fused-ring (bicyclic) bond motifs is 13. The summed E-state index contributed by atoms with van der Waals surface area (Å²) in [6.45, 7) is 6.59. The molecule has 0 fully saturated rings. The first-order chi connectivity index (χ1) is 59.5. The summed E-state index contributed by atoms with van der Waals surface area (Å²) in [5.41, 5.74) is 36.8. The summed E-state index contributed by atoms with van der Waals surface area (Å²) in [5.74, 6) is 0. The molecule has 121 heavy (non-hydrogen) atoms. The van der Waals surface area contributed by atoms with E-state index in [1.54, 1.807) is 0 Å². The fraction of sp³-hybridized carbons (Fsp3) is 0.0678. The molecule has 0 saturated heterocycles. The van der Waals surface area contributed by atoms with Crippen LogP contribution in [0.25, 0.3) is 178 Å². The Balaban J connectivity index is 0.000000112. The molecule has 0 atom stereocenters. The van der Waals surface area contributed by atoms with Crippen LogP contribution in [-0.4, -0.2) is 21.1 Å². The lowest BCUT2D eigenvalue weighted by molar-refractivity contribution is 0.978. The Labute approximate surface area is 708 Å². The second kappa shape index (κ2) is 30.9. The van der Waals surface area contributed by atoms with E-state index in [-0.39, 0.29) is 0 Å². The van der Waals surface area contributed by atoms with Crippen LogP contribution in [0.4, 0.5) is 34.1 Å². The third-order valence-corrected chi connectivity index (χ3v) is 25.5. The summed E-state index contributed by atoms with van der Waals surface area (Å²) in [5, 5.41) is 18.0. The normalized spacial score (nSPS) is 12.5. The predicted octanol–water partition coefficient (Wildman–Crippen LogP) is 32.1. The standard InChI is InChI=1S/C42H33N.C40H29N.C36H27N/c1-28-16-25-37-38(26-28)42(34-24-21-32-20-19-31-12-6-9-15-39(31)43(2)40(32)27-34)36-14-8-7-13-35(36)41(37)33-22-17-30(18-23-33)29-10-4-3-5-11-29;1-26-15-22-35-36(23-26)40(32-21-19-29-18-17-28-10-5-8-14-37(28)41(2)38(29)25-32)34-13-7-6-12-33(34)39(35)31-20-16-27-9-3-4-11-30(27)24-31;1-24-16-21-31-32(22-24)36(30-14-8-7-13-29(30)35(31)27-11-4-3-5-12-27)28-20-19-26-18-17-25-10-6-9-15-33(25)37(2)34(26)23-28/h3-18,21-27H,19-20H2,1-2H3;3-25H,1-2H3;3-23H,1-2H3. The second-order valence-electron chi connectivity index (χ2n) is 32.9. The van der Waals surface area contributed by atoms with Crippen molar-refractivity contribution in [3.05, 3.63) is 432 Å². The van der Waals surface area contributed by atoms with Gasteiger partial charge in [0.2, 0.25) is 0 Å². The van der Waals surface area contributed by atoms with E-state index in [4.69, 9.17) is 0 Å². The average Bonchev–Trinajstić information content (AvgIpc) is 1.18. The van der Waals surface area contributed by atoms with E-state index < -0.39 is 0 Å². The minimum Gasteiger partial charge on any atom is -0.344 e. The van der Waals surface area contributed by atoms with E-state index in [0.717, 1.165) is 12.8 Å². The summed E-state index contributed by atoms with van der Waals surface area (Å²) < 4.78 is 0. The molecule has 0 radical (unpaired) electrons. The molecule has 3 heterocycles. The van der Waals surface area contributed by atoms with Crippen LogP contribution in [0.1, 0.15) is 50.1 Å². The van der Waals surface area contributed by atoms with E-state index in [0.29, 0.717) is 0 Å². The molecule has 0 N–H and O–H groups in total.